The van der Waals surface area contributed by atoms with Gasteiger partial charge in [-0.2, -0.15) is 0 Å². The molecule has 20 heavy (non-hydrogen) atoms. The summed E-state index contributed by atoms with van der Waals surface area (Å²) >= 11 is 0. The maximum Gasteiger partial charge on any atom is 0.184 e. The number of hydrogen-bond donors (Lipinski definition) is 0. The molecule has 0 saturated carbocycles. The smallest absolute Gasteiger partial charge is 0.184 e. The van der Waals surface area contributed by atoms with Crippen LogP contribution in [0.4, 0.5) is 0 Å². The summed E-state index contributed by atoms with van der Waals surface area (Å²) in [7, 11) is 0. The number of ether oxygens (including phenoxy) is 2. The second-order valence-electron chi connectivity index (χ2n) is 7.25. The zero-order valence-corrected chi connectivity index (χ0v) is 13.6. The second kappa shape index (κ2) is 5.87. The normalized spacial score (nSPS) is 26.2. The van der Waals surface area contributed by atoms with E-state index in [0.717, 1.165) is 12.2 Å². The SMILES string of the molecule is CC(C)c1ccc(C2OCC(C)(C)C(C(C)C)O2)cc1. The van der Waals surface area contributed by atoms with E-state index >= 15 is 0 Å². The molecule has 0 radical (unpaired) electrons. The predicted molar refractivity (Wildman–Crippen MR) is 82.7 cm³/mol. The number of benzene rings is 1. The quantitative estimate of drug-likeness (QED) is 0.781. The van der Waals surface area contributed by atoms with Crippen LogP contribution in [0.2, 0.25) is 0 Å². The van der Waals surface area contributed by atoms with E-state index in [1.54, 1.807) is 0 Å². The molecule has 0 aliphatic carbocycles. The standard InChI is InChI=1S/C18H28O2/c1-12(2)14-7-9-15(10-8-14)17-19-11-18(5,6)16(20-17)13(3)4/h7-10,12-13,16-17H,11H2,1-6H3. The first-order chi connectivity index (χ1) is 9.31. The monoisotopic (exact) mass is 276 g/mol. The van der Waals surface area contributed by atoms with Crippen molar-refractivity contribution >= 4 is 0 Å². The average Bonchev–Trinajstić information content (AvgIpc) is 2.38. The van der Waals surface area contributed by atoms with Crippen LogP contribution >= 0.6 is 0 Å². The van der Waals surface area contributed by atoms with Crippen molar-refractivity contribution in [3.05, 3.63) is 35.4 Å². The van der Waals surface area contributed by atoms with E-state index < -0.39 is 0 Å². The van der Waals surface area contributed by atoms with Gasteiger partial charge in [0.15, 0.2) is 6.29 Å². The molecule has 1 heterocycles. The lowest BCUT2D eigenvalue weighted by atomic mass is 9.80. The van der Waals surface area contributed by atoms with Gasteiger partial charge in [-0.25, -0.2) is 0 Å². The highest BCUT2D eigenvalue weighted by Gasteiger charge is 2.40. The van der Waals surface area contributed by atoms with Crippen molar-refractivity contribution < 1.29 is 9.47 Å². The first-order valence-corrected chi connectivity index (χ1v) is 7.68. The highest BCUT2D eigenvalue weighted by Crippen LogP contribution is 2.39. The zero-order chi connectivity index (χ0) is 14.9. The van der Waals surface area contributed by atoms with Crippen LogP contribution in [0.1, 0.15) is 64.9 Å². The van der Waals surface area contributed by atoms with Gasteiger partial charge in [-0.15, -0.1) is 0 Å². The van der Waals surface area contributed by atoms with Crippen molar-refractivity contribution in [3.63, 3.8) is 0 Å². The molecule has 1 fully saturated rings. The predicted octanol–water partition coefficient (Wildman–Crippen LogP) is 4.91. The van der Waals surface area contributed by atoms with Gasteiger partial charge in [-0.1, -0.05) is 65.8 Å². The fraction of sp³-hybridized carbons (Fsp3) is 0.667. The van der Waals surface area contributed by atoms with E-state index in [4.69, 9.17) is 9.47 Å². The van der Waals surface area contributed by atoms with Crippen LogP contribution in [0.15, 0.2) is 24.3 Å². The summed E-state index contributed by atoms with van der Waals surface area (Å²) in [4.78, 5) is 0. The highest BCUT2D eigenvalue weighted by atomic mass is 16.7. The summed E-state index contributed by atoms with van der Waals surface area (Å²) in [5, 5.41) is 0. The molecule has 2 rings (SSSR count). The van der Waals surface area contributed by atoms with Gasteiger partial charge < -0.3 is 9.47 Å². The molecule has 112 valence electrons. The Kier molecular flexibility index (Phi) is 4.55. The molecular weight excluding hydrogens is 248 g/mol. The summed E-state index contributed by atoms with van der Waals surface area (Å²) in [6, 6.07) is 8.62. The molecule has 1 aromatic carbocycles. The van der Waals surface area contributed by atoms with Crippen molar-refractivity contribution in [1.82, 2.24) is 0 Å². The molecule has 2 heteroatoms. The van der Waals surface area contributed by atoms with Crippen LogP contribution in [-0.4, -0.2) is 12.7 Å². The molecular formula is C18H28O2. The fourth-order valence-corrected chi connectivity index (χ4v) is 3.00. The molecule has 1 saturated heterocycles. The number of hydrogen-bond acceptors (Lipinski definition) is 2. The summed E-state index contributed by atoms with van der Waals surface area (Å²) in [6.07, 6.45) is 0.00247. The minimum absolute atomic E-state index is 0.0720. The lowest BCUT2D eigenvalue weighted by Gasteiger charge is -2.44. The Bertz CT molecular complexity index is 431. The van der Waals surface area contributed by atoms with E-state index in [1.807, 2.05) is 0 Å². The number of rotatable bonds is 3. The van der Waals surface area contributed by atoms with Crippen LogP contribution in [-0.2, 0) is 9.47 Å². The van der Waals surface area contributed by atoms with E-state index in [0.29, 0.717) is 11.8 Å². The topological polar surface area (TPSA) is 18.5 Å². The fourth-order valence-electron chi connectivity index (χ4n) is 3.00. The van der Waals surface area contributed by atoms with Crippen molar-refractivity contribution in [2.45, 2.75) is 59.9 Å². The minimum atomic E-state index is -0.225. The third-order valence-electron chi connectivity index (χ3n) is 4.13. The highest BCUT2D eigenvalue weighted by molar-refractivity contribution is 5.25. The largest absolute Gasteiger partial charge is 0.348 e. The Hall–Kier alpha value is -0.860. The van der Waals surface area contributed by atoms with Crippen molar-refractivity contribution in [3.8, 4) is 0 Å². The Morgan fingerprint density at radius 3 is 2.15 bits per heavy atom. The molecule has 2 unspecified atom stereocenters. The molecule has 1 aromatic rings. The minimum Gasteiger partial charge on any atom is -0.348 e. The summed E-state index contributed by atoms with van der Waals surface area (Å²) in [5.74, 6) is 1.05. The maximum atomic E-state index is 6.23. The van der Waals surface area contributed by atoms with Crippen LogP contribution in [0.5, 0.6) is 0 Å². The molecule has 0 aromatic heterocycles. The second-order valence-corrected chi connectivity index (χ2v) is 7.25. The molecule has 0 amide bonds. The van der Waals surface area contributed by atoms with Gasteiger partial charge in [-0.3, -0.25) is 0 Å². The molecule has 0 N–H and O–H groups in total. The molecule has 1 aliphatic heterocycles. The molecule has 2 atom stereocenters. The van der Waals surface area contributed by atoms with Crippen LogP contribution < -0.4 is 0 Å². The van der Waals surface area contributed by atoms with Gasteiger partial charge in [-0.05, 0) is 17.4 Å². The van der Waals surface area contributed by atoms with E-state index in [-0.39, 0.29) is 17.8 Å². The molecule has 0 spiro atoms. The summed E-state index contributed by atoms with van der Waals surface area (Å²) in [6.45, 7) is 14.0. The van der Waals surface area contributed by atoms with Gasteiger partial charge in [0.25, 0.3) is 0 Å². The van der Waals surface area contributed by atoms with Crippen LogP contribution in [0.25, 0.3) is 0 Å². The van der Waals surface area contributed by atoms with Crippen molar-refractivity contribution in [1.29, 1.82) is 0 Å². The van der Waals surface area contributed by atoms with E-state index in [1.165, 1.54) is 5.56 Å². The first-order valence-electron chi connectivity index (χ1n) is 7.68. The zero-order valence-electron chi connectivity index (χ0n) is 13.6. The maximum absolute atomic E-state index is 6.23. The van der Waals surface area contributed by atoms with Crippen molar-refractivity contribution in [2.24, 2.45) is 11.3 Å². The van der Waals surface area contributed by atoms with E-state index in [9.17, 15) is 0 Å². The Morgan fingerprint density at radius 1 is 1.05 bits per heavy atom. The molecule has 1 aliphatic rings. The Labute approximate surface area is 123 Å². The van der Waals surface area contributed by atoms with Gasteiger partial charge >= 0.3 is 0 Å². The summed E-state index contributed by atoms with van der Waals surface area (Å²) in [5.41, 5.74) is 2.54. The lowest BCUT2D eigenvalue weighted by Crippen LogP contribution is -2.45. The summed E-state index contributed by atoms with van der Waals surface area (Å²) < 4.78 is 12.2. The molecule has 2 nitrogen and oxygen atoms in total. The van der Waals surface area contributed by atoms with E-state index in [2.05, 4.69) is 65.8 Å². The van der Waals surface area contributed by atoms with Crippen molar-refractivity contribution in [2.75, 3.05) is 6.61 Å². The molecule has 0 bridgehead atoms. The van der Waals surface area contributed by atoms with Gasteiger partial charge in [0, 0.05) is 11.0 Å². The Morgan fingerprint density at radius 2 is 1.65 bits per heavy atom. The van der Waals surface area contributed by atoms with Gasteiger partial charge in [0.2, 0.25) is 0 Å². The third kappa shape index (κ3) is 3.24. The van der Waals surface area contributed by atoms with Crippen LogP contribution in [0, 0.1) is 11.3 Å². The average molecular weight is 276 g/mol. The Balaban J connectivity index is 2.14. The lowest BCUT2D eigenvalue weighted by molar-refractivity contribution is -0.274. The van der Waals surface area contributed by atoms with Gasteiger partial charge in [0.05, 0.1) is 12.7 Å². The third-order valence-corrected chi connectivity index (χ3v) is 4.13. The van der Waals surface area contributed by atoms with Gasteiger partial charge in [0.1, 0.15) is 0 Å². The van der Waals surface area contributed by atoms with Crippen LogP contribution in [0.3, 0.4) is 0 Å². The first kappa shape index (κ1) is 15.5.